The number of thiophene rings is 2. The number of fused-ring (bicyclic) bond motifs is 1. The predicted molar refractivity (Wildman–Crippen MR) is 212 cm³/mol. The van der Waals surface area contributed by atoms with Gasteiger partial charge in [0.15, 0.2) is 0 Å². The van der Waals surface area contributed by atoms with Crippen LogP contribution in [-0.2, 0) is 26.4 Å². The number of ether oxygens (including phenoxy) is 3. The number of nitrogens with one attached hydrogen (secondary N) is 3. The van der Waals surface area contributed by atoms with Gasteiger partial charge in [0.25, 0.3) is 0 Å². The zero-order valence-electron chi connectivity index (χ0n) is 30.8. The highest BCUT2D eigenvalue weighted by Gasteiger charge is 2.45. The normalized spacial score (nSPS) is 16.3. The van der Waals surface area contributed by atoms with E-state index in [-0.39, 0.29) is 59.9 Å². The summed E-state index contributed by atoms with van der Waals surface area (Å²) in [4.78, 5) is 43.8. The van der Waals surface area contributed by atoms with Crippen LogP contribution in [0, 0.1) is 11.3 Å². The molecule has 0 saturated heterocycles. The standard InChI is InChI=1S/C40H43N5O9S2/c1-45(25-7-9-26(10-8-25)54-38(49)40(51,34-5-3-17-55-34)35-6-4-18-56-35)15-16-53-39(50)43-31-20-27(52-2)19-24(30(31)21-41)22-42-23-33(47)28-11-13-32(46)37-29(28)12-14-36(48)44-37/h3-6,11-14,17-20,25-26,33,42,46-47,51H,7-10,15-16,22-23H2,1-2H3,(H,43,50)(H,44,48)/t25?,26?,33-/m0/s1. The van der Waals surface area contributed by atoms with Crippen LogP contribution in [0.3, 0.4) is 0 Å². The van der Waals surface area contributed by atoms with Crippen LogP contribution < -0.4 is 20.9 Å². The van der Waals surface area contributed by atoms with Gasteiger partial charge >= 0.3 is 12.1 Å². The van der Waals surface area contributed by atoms with Gasteiger partial charge in [-0.05, 0) is 84.9 Å². The number of rotatable bonds is 15. The molecule has 5 aromatic rings. The Balaban J connectivity index is 0.978. The number of aromatic hydroxyl groups is 1. The molecule has 56 heavy (non-hydrogen) atoms. The molecule has 0 aliphatic heterocycles. The van der Waals surface area contributed by atoms with E-state index in [1.807, 2.05) is 17.8 Å². The van der Waals surface area contributed by atoms with Crippen molar-refractivity contribution in [3.8, 4) is 17.6 Å². The number of phenolic OH excluding ortho intramolecular Hbond substituents is 1. The highest BCUT2D eigenvalue weighted by Crippen LogP contribution is 2.38. The van der Waals surface area contributed by atoms with Crippen molar-refractivity contribution in [3.05, 3.63) is 108 Å². The second kappa shape index (κ2) is 18.1. The number of esters is 1. The Morgan fingerprint density at radius 2 is 1.79 bits per heavy atom. The fraction of sp³-hybridized carbons (Fsp3) is 0.350. The minimum atomic E-state index is -1.84. The number of aliphatic hydroxyl groups excluding tert-OH is 1. The summed E-state index contributed by atoms with van der Waals surface area (Å²) in [5.74, 6) is -0.387. The molecule has 1 aliphatic carbocycles. The van der Waals surface area contributed by atoms with E-state index in [4.69, 9.17) is 14.2 Å². The third-order valence-corrected chi connectivity index (χ3v) is 11.9. The van der Waals surface area contributed by atoms with Crippen LogP contribution in [0.25, 0.3) is 10.9 Å². The molecular formula is C40H43N5O9S2. The number of hydrogen-bond acceptors (Lipinski definition) is 14. The van der Waals surface area contributed by atoms with Gasteiger partial charge in [-0.3, -0.25) is 10.1 Å². The second-order valence-electron chi connectivity index (χ2n) is 13.5. The average Bonchev–Trinajstić information content (AvgIpc) is 3.95. The summed E-state index contributed by atoms with van der Waals surface area (Å²) in [5.41, 5.74) is -0.604. The van der Waals surface area contributed by atoms with Crippen molar-refractivity contribution in [2.75, 3.05) is 39.2 Å². The predicted octanol–water partition coefficient (Wildman–Crippen LogP) is 5.33. The number of methoxy groups -OCH3 is 1. The number of hydrogen-bond donors (Lipinski definition) is 6. The number of aromatic nitrogens is 1. The number of aliphatic hydroxyl groups is 2. The van der Waals surface area contributed by atoms with E-state index in [1.165, 1.54) is 54.0 Å². The first-order valence-corrected chi connectivity index (χ1v) is 19.8. The Morgan fingerprint density at radius 1 is 1.07 bits per heavy atom. The molecular weight excluding hydrogens is 759 g/mol. The van der Waals surface area contributed by atoms with Gasteiger partial charge in [0.05, 0.1) is 39.7 Å². The van der Waals surface area contributed by atoms with Gasteiger partial charge in [-0.25, -0.2) is 9.59 Å². The lowest BCUT2D eigenvalue weighted by atomic mass is 9.91. The van der Waals surface area contributed by atoms with Crippen LogP contribution in [0.5, 0.6) is 11.5 Å². The first kappa shape index (κ1) is 40.4. The van der Waals surface area contributed by atoms with E-state index in [1.54, 1.807) is 36.4 Å². The molecule has 1 fully saturated rings. The van der Waals surface area contributed by atoms with Gasteiger partial charge in [-0.1, -0.05) is 18.2 Å². The zero-order chi connectivity index (χ0) is 39.8. The summed E-state index contributed by atoms with van der Waals surface area (Å²) < 4.78 is 16.8. The van der Waals surface area contributed by atoms with Crippen LogP contribution in [0.15, 0.2) is 76.2 Å². The summed E-state index contributed by atoms with van der Waals surface area (Å²) in [6.07, 6.45) is 0.694. The van der Waals surface area contributed by atoms with Gasteiger partial charge in [0.2, 0.25) is 11.2 Å². The molecule has 16 heteroatoms. The summed E-state index contributed by atoms with van der Waals surface area (Å²) in [6, 6.07) is 18.4. The van der Waals surface area contributed by atoms with Gasteiger partial charge in [-0.2, -0.15) is 5.26 Å². The number of nitrogens with zero attached hydrogens (tertiary/aromatic N) is 2. The van der Waals surface area contributed by atoms with Crippen molar-refractivity contribution >= 4 is 51.3 Å². The lowest BCUT2D eigenvalue weighted by Gasteiger charge is -2.35. The van der Waals surface area contributed by atoms with Gasteiger partial charge in [0, 0.05) is 43.2 Å². The number of phenols is 1. The van der Waals surface area contributed by atoms with Crippen LogP contribution in [0.2, 0.25) is 0 Å². The quantitative estimate of drug-likeness (QED) is 0.0744. The van der Waals surface area contributed by atoms with Gasteiger partial charge < -0.3 is 44.7 Å². The molecule has 14 nitrogen and oxygen atoms in total. The molecule has 3 aromatic heterocycles. The molecule has 6 rings (SSSR count). The van der Waals surface area contributed by atoms with E-state index >= 15 is 0 Å². The maximum absolute atomic E-state index is 13.4. The van der Waals surface area contributed by atoms with Crippen LogP contribution in [-0.4, -0.2) is 83.3 Å². The molecule has 2 aromatic carbocycles. The molecule has 1 amide bonds. The number of benzene rings is 2. The number of H-pyrrole nitrogens is 1. The molecule has 1 aliphatic rings. The Hall–Kier alpha value is -5.28. The van der Waals surface area contributed by atoms with E-state index in [9.17, 15) is 35.0 Å². The summed E-state index contributed by atoms with van der Waals surface area (Å²) in [7, 11) is 3.41. The maximum Gasteiger partial charge on any atom is 0.411 e. The number of carbonyl (C=O) groups is 2. The Kier molecular flexibility index (Phi) is 13.1. The molecule has 0 radical (unpaired) electrons. The van der Waals surface area contributed by atoms with E-state index in [2.05, 4.69) is 26.6 Å². The third kappa shape index (κ3) is 9.05. The maximum atomic E-state index is 13.4. The van der Waals surface area contributed by atoms with Gasteiger partial charge in [0.1, 0.15) is 30.3 Å². The molecule has 0 spiro atoms. The monoisotopic (exact) mass is 801 g/mol. The Morgan fingerprint density at radius 3 is 2.43 bits per heavy atom. The number of pyridine rings is 1. The number of anilines is 1. The molecule has 1 atom stereocenters. The second-order valence-corrected chi connectivity index (χ2v) is 15.4. The first-order chi connectivity index (χ1) is 27.0. The highest BCUT2D eigenvalue weighted by molar-refractivity contribution is 7.12. The minimum absolute atomic E-state index is 0.0702. The largest absolute Gasteiger partial charge is 0.506 e. The SMILES string of the molecule is COc1cc(CNC[C@H](O)c2ccc(O)c3[nH]c(=O)ccc23)c(C#N)c(NC(=O)OCCN(C)C2CCC(OC(=O)C(O)(c3cccs3)c3cccs3)CC2)c1. The Bertz CT molecular complexity index is 2190. The smallest absolute Gasteiger partial charge is 0.411 e. The molecule has 1 saturated carbocycles. The fourth-order valence-electron chi connectivity index (χ4n) is 6.91. The summed E-state index contributed by atoms with van der Waals surface area (Å²) >= 11 is 2.61. The van der Waals surface area contributed by atoms with E-state index in [0.717, 1.165) is 12.8 Å². The lowest BCUT2D eigenvalue weighted by Crippen LogP contribution is -2.42. The topological polar surface area (TPSA) is 206 Å². The summed E-state index contributed by atoms with van der Waals surface area (Å²) in [5, 5.41) is 52.7. The van der Waals surface area contributed by atoms with Crippen LogP contribution in [0.1, 0.15) is 58.2 Å². The van der Waals surface area contributed by atoms with Crippen molar-refractivity contribution < 1.29 is 39.1 Å². The van der Waals surface area contributed by atoms with Crippen LogP contribution in [0.4, 0.5) is 10.5 Å². The molecule has 6 N–H and O–H groups in total. The van der Waals surface area contributed by atoms with Crippen molar-refractivity contribution in [2.24, 2.45) is 0 Å². The number of amides is 1. The van der Waals surface area contributed by atoms with Crippen molar-refractivity contribution in [3.63, 3.8) is 0 Å². The lowest BCUT2D eigenvalue weighted by molar-refractivity contribution is -0.169. The molecule has 0 unspecified atom stereocenters. The number of nitriles is 1. The molecule has 0 bridgehead atoms. The first-order valence-electron chi connectivity index (χ1n) is 18.0. The number of aromatic amines is 1. The Labute approximate surface area is 330 Å². The zero-order valence-corrected chi connectivity index (χ0v) is 32.5. The van der Waals surface area contributed by atoms with E-state index in [0.29, 0.717) is 51.4 Å². The average molecular weight is 802 g/mol. The van der Waals surface area contributed by atoms with Crippen molar-refractivity contribution in [2.45, 2.75) is 56.1 Å². The fourth-order valence-corrected chi connectivity index (χ4v) is 8.62. The van der Waals surface area contributed by atoms with E-state index < -0.39 is 23.8 Å². The molecule has 3 heterocycles. The minimum Gasteiger partial charge on any atom is -0.506 e. The molecule has 294 valence electrons. The highest BCUT2D eigenvalue weighted by atomic mass is 32.1. The van der Waals surface area contributed by atoms with Crippen molar-refractivity contribution in [1.82, 2.24) is 15.2 Å². The van der Waals surface area contributed by atoms with Crippen molar-refractivity contribution in [1.29, 1.82) is 5.26 Å². The summed E-state index contributed by atoms with van der Waals surface area (Å²) in [6.45, 7) is 0.751. The van der Waals surface area contributed by atoms with Gasteiger partial charge in [-0.15, -0.1) is 22.7 Å². The van der Waals surface area contributed by atoms with Crippen LogP contribution >= 0.6 is 22.7 Å². The third-order valence-electron chi connectivity index (χ3n) is 9.97. The number of carbonyl (C=O) groups excluding carboxylic acids is 2. The number of likely N-dealkylation sites (N-methyl/N-ethyl adjacent to an activating group) is 1.